The molecule has 0 N–H and O–H groups in total. The molecule has 1 aliphatic rings. The van der Waals surface area contributed by atoms with Crippen LogP contribution in [0.15, 0.2) is 34.9 Å². The zero-order valence-electron chi connectivity index (χ0n) is 13.2. The van der Waals surface area contributed by atoms with E-state index in [-0.39, 0.29) is 5.91 Å². The number of carbonyl (C=O) groups excluding carboxylic acids is 1. The lowest BCUT2D eigenvalue weighted by atomic mass is 10.2. The topological polar surface area (TPSA) is 64.8 Å². The Morgan fingerprint density at radius 3 is 2.96 bits per heavy atom. The van der Waals surface area contributed by atoms with E-state index in [0.29, 0.717) is 50.8 Å². The Morgan fingerprint density at radius 2 is 2.17 bits per heavy atom. The number of hydrogen-bond donors (Lipinski definition) is 0. The van der Waals surface area contributed by atoms with Crippen molar-refractivity contribution in [2.45, 2.75) is 12.8 Å². The van der Waals surface area contributed by atoms with E-state index in [4.69, 9.17) is 13.9 Å². The molecular weight excluding hydrogens is 296 g/mol. The van der Waals surface area contributed by atoms with E-state index in [9.17, 15) is 4.79 Å². The van der Waals surface area contributed by atoms with Gasteiger partial charge in [0.05, 0.1) is 26.5 Å². The number of amides is 1. The fraction of sp³-hybridized carbons (Fsp3) is 0.412. The van der Waals surface area contributed by atoms with Crippen LogP contribution in [-0.4, -0.2) is 49.2 Å². The number of ether oxygens (including phenoxy) is 2. The Bertz CT molecular complexity index is 662. The number of rotatable bonds is 5. The van der Waals surface area contributed by atoms with Gasteiger partial charge in [-0.1, -0.05) is 12.1 Å². The van der Waals surface area contributed by atoms with Gasteiger partial charge in [0.15, 0.2) is 11.7 Å². The summed E-state index contributed by atoms with van der Waals surface area (Å²) in [6, 6.07) is 7.61. The highest BCUT2D eigenvalue weighted by atomic mass is 16.5. The van der Waals surface area contributed by atoms with Crippen LogP contribution in [0.2, 0.25) is 0 Å². The molecule has 6 heteroatoms. The molecule has 0 unspecified atom stereocenters. The maximum Gasteiger partial charge on any atom is 0.223 e. The zero-order chi connectivity index (χ0) is 16.1. The van der Waals surface area contributed by atoms with Crippen LogP contribution >= 0.6 is 0 Å². The lowest BCUT2D eigenvalue weighted by Gasteiger charge is -2.26. The molecule has 0 aliphatic carbocycles. The van der Waals surface area contributed by atoms with Crippen molar-refractivity contribution in [3.05, 3.63) is 36.4 Å². The van der Waals surface area contributed by atoms with Gasteiger partial charge in [0.2, 0.25) is 5.91 Å². The number of methoxy groups -OCH3 is 1. The van der Waals surface area contributed by atoms with Crippen LogP contribution in [0.1, 0.15) is 12.3 Å². The lowest BCUT2D eigenvalue weighted by molar-refractivity contribution is -0.135. The molecule has 0 atom stereocenters. The number of carbonyl (C=O) groups is 1. The van der Waals surface area contributed by atoms with Gasteiger partial charge >= 0.3 is 0 Å². The summed E-state index contributed by atoms with van der Waals surface area (Å²) in [4.78, 5) is 18.2. The van der Waals surface area contributed by atoms with E-state index < -0.39 is 0 Å². The molecule has 2 aromatic rings. The number of aromatic nitrogens is 1. The van der Waals surface area contributed by atoms with Crippen LogP contribution in [0.5, 0.6) is 5.75 Å². The van der Waals surface area contributed by atoms with Crippen LogP contribution in [0, 0.1) is 0 Å². The second-order valence-electron chi connectivity index (χ2n) is 5.34. The molecule has 0 bridgehead atoms. The average molecular weight is 316 g/mol. The number of benzene rings is 1. The van der Waals surface area contributed by atoms with Gasteiger partial charge in [-0.2, -0.15) is 0 Å². The van der Waals surface area contributed by atoms with E-state index in [1.54, 1.807) is 13.3 Å². The second kappa shape index (κ2) is 7.28. The number of aryl methyl sites for hydroxylation is 1. The molecule has 3 rings (SSSR count). The quantitative estimate of drug-likeness (QED) is 0.845. The number of nitrogens with zero attached hydrogens (tertiary/aromatic N) is 2. The fourth-order valence-corrected chi connectivity index (χ4v) is 2.52. The van der Waals surface area contributed by atoms with Crippen molar-refractivity contribution in [3.8, 4) is 17.1 Å². The summed E-state index contributed by atoms with van der Waals surface area (Å²) >= 11 is 0. The molecule has 122 valence electrons. The van der Waals surface area contributed by atoms with Crippen LogP contribution < -0.4 is 4.74 Å². The van der Waals surface area contributed by atoms with Gasteiger partial charge in [-0.3, -0.25) is 4.79 Å². The minimum absolute atomic E-state index is 0.120. The van der Waals surface area contributed by atoms with Gasteiger partial charge in [0.1, 0.15) is 5.75 Å². The van der Waals surface area contributed by atoms with E-state index in [0.717, 1.165) is 11.3 Å². The molecule has 0 radical (unpaired) electrons. The van der Waals surface area contributed by atoms with Gasteiger partial charge in [-0.25, -0.2) is 4.98 Å². The predicted octanol–water partition coefficient (Wildman–Crippen LogP) is 2.14. The van der Waals surface area contributed by atoms with E-state index in [2.05, 4.69) is 4.98 Å². The molecule has 6 nitrogen and oxygen atoms in total. The molecule has 23 heavy (non-hydrogen) atoms. The summed E-state index contributed by atoms with van der Waals surface area (Å²) in [6.07, 6.45) is 2.58. The molecule has 0 saturated carbocycles. The first kappa shape index (κ1) is 15.6. The third-order valence-corrected chi connectivity index (χ3v) is 3.82. The standard InChI is InChI=1S/C17H20N2O4/c1-21-14-4-2-3-13(11-14)15-12-18-16(23-15)5-6-17(20)19-7-9-22-10-8-19/h2-4,11-12H,5-10H2,1H3. The number of hydrogen-bond acceptors (Lipinski definition) is 5. The van der Waals surface area contributed by atoms with Crippen LogP contribution in [0.4, 0.5) is 0 Å². The Hall–Kier alpha value is -2.34. The predicted molar refractivity (Wildman–Crippen MR) is 84.2 cm³/mol. The monoisotopic (exact) mass is 316 g/mol. The van der Waals surface area contributed by atoms with Gasteiger partial charge < -0.3 is 18.8 Å². The van der Waals surface area contributed by atoms with Crippen molar-refractivity contribution in [1.82, 2.24) is 9.88 Å². The van der Waals surface area contributed by atoms with Crippen molar-refractivity contribution in [1.29, 1.82) is 0 Å². The smallest absolute Gasteiger partial charge is 0.223 e. The van der Waals surface area contributed by atoms with Gasteiger partial charge in [0, 0.05) is 31.5 Å². The largest absolute Gasteiger partial charge is 0.497 e. The SMILES string of the molecule is COc1cccc(-c2cnc(CCC(=O)N3CCOCC3)o2)c1. The Kier molecular flexibility index (Phi) is 4.92. The first-order valence-corrected chi connectivity index (χ1v) is 7.71. The average Bonchev–Trinajstić information content (AvgIpc) is 3.09. The molecule has 1 amide bonds. The van der Waals surface area contributed by atoms with Crippen LogP contribution in [0.3, 0.4) is 0 Å². The summed E-state index contributed by atoms with van der Waals surface area (Å²) in [5.41, 5.74) is 0.905. The van der Waals surface area contributed by atoms with Crippen molar-refractivity contribution in [3.63, 3.8) is 0 Å². The molecule has 1 aromatic carbocycles. The molecule has 1 saturated heterocycles. The van der Waals surface area contributed by atoms with Gasteiger partial charge in [0.25, 0.3) is 0 Å². The highest BCUT2D eigenvalue weighted by Gasteiger charge is 2.17. The molecule has 1 aromatic heterocycles. The Balaban J connectivity index is 1.59. The van der Waals surface area contributed by atoms with Crippen LogP contribution in [-0.2, 0) is 16.0 Å². The highest BCUT2D eigenvalue weighted by molar-refractivity contribution is 5.76. The number of morpholine rings is 1. The third kappa shape index (κ3) is 3.90. The summed E-state index contributed by atoms with van der Waals surface area (Å²) in [5, 5.41) is 0. The van der Waals surface area contributed by atoms with Gasteiger partial charge in [-0.15, -0.1) is 0 Å². The van der Waals surface area contributed by atoms with Crippen molar-refractivity contribution in [2.24, 2.45) is 0 Å². The summed E-state index contributed by atoms with van der Waals surface area (Å²) in [6.45, 7) is 2.56. The summed E-state index contributed by atoms with van der Waals surface area (Å²) in [7, 11) is 1.63. The van der Waals surface area contributed by atoms with Gasteiger partial charge in [-0.05, 0) is 12.1 Å². The fourth-order valence-electron chi connectivity index (χ4n) is 2.52. The number of oxazole rings is 1. The molecule has 1 fully saturated rings. The van der Waals surface area contributed by atoms with E-state index in [1.165, 1.54) is 0 Å². The molecule has 1 aliphatic heterocycles. The van der Waals surface area contributed by atoms with E-state index in [1.807, 2.05) is 29.2 Å². The molecule has 0 spiro atoms. The summed E-state index contributed by atoms with van der Waals surface area (Å²) < 4.78 is 16.2. The van der Waals surface area contributed by atoms with Crippen molar-refractivity contribution >= 4 is 5.91 Å². The van der Waals surface area contributed by atoms with E-state index >= 15 is 0 Å². The van der Waals surface area contributed by atoms with Crippen LogP contribution in [0.25, 0.3) is 11.3 Å². The van der Waals surface area contributed by atoms with Crippen molar-refractivity contribution in [2.75, 3.05) is 33.4 Å². The van der Waals surface area contributed by atoms with Crippen molar-refractivity contribution < 1.29 is 18.7 Å². The second-order valence-corrected chi connectivity index (χ2v) is 5.34. The minimum atomic E-state index is 0.120. The summed E-state index contributed by atoms with van der Waals surface area (Å²) in [5.74, 6) is 2.14. The first-order chi connectivity index (χ1) is 11.3. The first-order valence-electron chi connectivity index (χ1n) is 7.71. The Morgan fingerprint density at radius 1 is 1.35 bits per heavy atom. The minimum Gasteiger partial charge on any atom is -0.497 e. The Labute approximate surface area is 135 Å². The maximum absolute atomic E-state index is 12.1. The highest BCUT2D eigenvalue weighted by Crippen LogP contribution is 2.24. The zero-order valence-corrected chi connectivity index (χ0v) is 13.2. The molecule has 2 heterocycles. The molecular formula is C17H20N2O4. The third-order valence-electron chi connectivity index (χ3n) is 3.82. The normalized spacial score (nSPS) is 14.7. The maximum atomic E-state index is 12.1. The lowest BCUT2D eigenvalue weighted by Crippen LogP contribution is -2.40.